The van der Waals surface area contributed by atoms with Crippen molar-refractivity contribution in [1.29, 1.82) is 0 Å². The molecule has 6 rings (SSSR count). The Labute approximate surface area is 305 Å². The number of aromatic nitrogens is 1. The maximum absolute atomic E-state index is 14.1. The highest BCUT2D eigenvalue weighted by Gasteiger charge is 2.48. The van der Waals surface area contributed by atoms with Crippen molar-refractivity contribution in [3.05, 3.63) is 102 Å². The Balaban J connectivity index is 1.23. The van der Waals surface area contributed by atoms with Crippen LogP contribution in [0.15, 0.2) is 85.1 Å². The number of pyridine rings is 1. The quantitative estimate of drug-likeness (QED) is 0.173. The molecule has 0 spiro atoms. The van der Waals surface area contributed by atoms with Gasteiger partial charge in [-0.15, -0.1) is 0 Å². The minimum Gasteiger partial charge on any atom is -0.493 e. The Bertz CT molecular complexity index is 1870. The van der Waals surface area contributed by atoms with Crippen LogP contribution in [0, 0.1) is 17.8 Å². The predicted molar refractivity (Wildman–Crippen MR) is 199 cm³/mol. The molecule has 0 aliphatic carbocycles. The number of benzene rings is 3. The third kappa shape index (κ3) is 8.37. The molecule has 5 atom stereocenters. The van der Waals surface area contributed by atoms with E-state index in [1.54, 1.807) is 54.4 Å². The van der Waals surface area contributed by atoms with Gasteiger partial charge in [-0.05, 0) is 80.2 Å². The number of aryl methyl sites for hydroxylation is 1. The average molecular weight is 708 g/mol. The molecular formula is C41H49N5O6. The number of aliphatic hydroxyl groups is 1. The van der Waals surface area contributed by atoms with Crippen molar-refractivity contribution in [1.82, 2.24) is 25.4 Å². The van der Waals surface area contributed by atoms with Gasteiger partial charge in [0.1, 0.15) is 11.9 Å². The number of likely N-dealkylation sites (N-methyl/N-ethyl adjacent to an activating group) is 1. The van der Waals surface area contributed by atoms with Crippen molar-refractivity contribution in [3.63, 3.8) is 0 Å². The summed E-state index contributed by atoms with van der Waals surface area (Å²) in [6.45, 7) is 5.31. The highest BCUT2D eigenvalue weighted by atomic mass is 16.5. The number of carbonyl (C=O) groups excluding carboxylic acids is 3. The van der Waals surface area contributed by atoms with Gasteiger partial charge in [0.25, 0.3) is 11.8 Å². The maximum atomic E-state index is 14.1. The highest BCUT2D eigenvalue weighted by Crippen LogP contribution is 2.38. The molecular weight excluding hydrogens is 658 g/mol. The van der Waals surface area contributed by atoms with Crippen LogP contribution in [-0.4, -0.2) is 96.3 Å². The van der Waals surface area contributed by atoms with Gasteiger partial charge in [-0.25, -0.2) is 0 Å². The standard InChI is InChI=1S/C41H49N5O6/c1-26(2)52-36-18-17-29(20-37(36)51-4)40(49)45-22-31-23-46(41(50)35-19-28-14-8-9-15-30(28)21-43-35)25-33(32(31)24-45)38(47)44-34(39(48)42-3)16-10-13-27-11-6-5-7-12-27/h5-9,11-12,14-15,17-21,26,31-34,38,44,47H,10,13,16,22-25H2,1-4H3,(H,42,48)/t31?,32?,33?,34-,38?/m0/s1. The van der Waals surface area contributed by atoms with E-state index < -0.39 is 18.2 Å². The fraction of sp³-hybridized carbons (Fsp3) is 0.415. The van der Waals surface area contributed by atoms with Crippen molar-refractivity contribution < 1.29 is 29.0 Å². The molecule has 274 valence electrons. The van der Waals surface area contributed by atoms with Crippen LogP contribution >= 0.6 is 0 Å². The molecule has 3 N–H and O–H groups in total. The Kier molecular flexibility index (Phi) is 11.7. The number of methoxy groups -OCH3 is 1. The molecule has 3 heterocycles. The smallest absolute Gasteiger partial charge is 0.272 e. The van der Waals surface area contributed by atoms with Crippen LogP contribution in [0.5, 0.6) is 11.5 Å². The first-order valence-corrected chi connectivity index (χ1v) is 18.1. The second kappa shape index (κ2) is 16.6. The summed E-state index contributed by atoms with van der Waals surface area (Å²) in [5.41, 5.74) is 1.97. The van der Waals surface area contributed by atoms with Crippen molar-refractivity contribution in [2.75, 3.05) is 40.3 Å². The third-order valence-corrected chi connectivity index (χ3v) is 10.3. The van der Waals surface area contributed by atoms with Crippen LogP contribution in [0.1, 0.15) is 53.1 Å². The van der Waals surface area contributed by atoms with E-state index in [-0.39, 0.29) is 42.2 Å². The van der Waals surface area contributed by atoms with Gasteiger partial charge in [0.2, 0.25) is 5.91 Å². The first kappa shape index (κ1) is 36.8. The lowest BCUT2D eigenvalue weighted by molar-refractivity contribution is -0.124. The Morgan fingerprint density at radius 1 is 0.885 bits per heavy atom. The van der Waals surface area contributed by atoms with Crippen LogP contribution in [0.3, 0.4) is 0 Å². The Morgan fingerprint density at radius 3 is 2.31 bits per heavy atom. The minimum absolute atomic E-state index is 0.0588. The SMILES string of the molecule is CNC(=O)[C@H](CCCc1ccccc1)NC(O)C1CN(C(=O)c2cc3ccccc3cn2)CC2CN(C(=O)c3ccc(OC(C)C)c(OC)c3)CC21. The van der Waals surface area contributed by atoms with Gasteiger partial charge in [-0.3, -0.25) is 24.7 Å². The van der Waals surface area contributed by atoms with Gasteiger partial charge in [0.05, 0.1) is 19.3 Å². The van der Waals surface area contributed by atoms with E-state index in [0.717, 1.165) is 23.6 Å². The van der Waals surface area contributed by atoms with Crippen LogP contribution in [0.2, 0.25) is 0 Å². The summed E-state index contributed by atoms with van der Waals surface area (Å²) in [6.07, 6.45) is 2.58. The van der Waals surface area contributed by atoms with Gasteiger partial charge >= 0.3 is 0 Å². The molecule has 0 radical (unpaired) electrons. The number of aliphatic hydroxyl groups excluding tert-OH is 1. The van der Waals surface area contributed by atoms with E-state index in [1.165, 1.54) is 5.56 Å². The molecule has 2 aliphatic heterocycles. The number of fused-ring (bicyclic) bond motifs is 2. The topological polar surface area (TPSA) is 133 Å². The number of nitrogens with one attached hydrogen (secondary N) is 2. The average Bonchev–Trinajstić information content (AvgIpc) is 3.60. The van der Waals surface area contributed by atoms with E-state index in [0.29, 0.717) is 48.8 Å². The van der Waals surface area contributed by atoms with Crippen molar-refractivity contribution in [2.24, 2.45) is 17.8 Å². The molecule has 0 saturated carbocycles. The zero-order valence-electron chi connectivity index (χ0n) is 30.3. The summed E-state index contributed by atoms with van der Waals surface area (Å²) in [7, 11) is 3.13. The van der Waals surface area contributed by atoms with Crippen molar-refractivity contribution in [3.8, 4) is 11.5 Å². The van der Waals surface area contributed by atoms with Gasteiger partial charge in [-0.1, -0.05) is 54.6 Å². The number of nitrogens with zero attached hydrogens (tertiary/aromatic N) is 3. The monoisotopic (exact) mass is 707 g/mol. The summed E-state index contributed by atoms with van der Waals surface area (Å²) < 4.78 is 11.4. The van der Waals surface area contributed by atoms with E-state index in [1.807, 2.05) is 56.3 Å². The van der Waals surface area contributed by atoms with E-state index >= 15 is 0 Å². The maximum Gasteiger partial charge on any atom is 0.272 e. The minimum atomic E-state index is -1.12. The van der Waals surface area contributed by atoms with Crippen LogP contribution in [0.4, 0.5) is 0 Å². The molecule has 11 heteroatoms. The molecule has 0 bridgehead atoms. The first-order valence-electron chi connectivity index (χ1n) is 18.1. The number of piperidine rings is 1. The molecule has 52 heavy (non-hydrogen) atoms. The predicted octanol–water partition coefficient (Wildman–Crippen LogP) is 4.54. The molecule has 11 nitrogen and oxygen atoms in total. The number of hydrogen-bond acceptors (Lipinski definition) is 8. The van der Waals surface area contributed by atoms with E-state index in [2.05, 4.69) is 27.8 Å². The summed E-state index contributed by atoms with van der Waals surface area (Å²) >= 11 is 0. The molecule has 2 fully saturated rings. The molecule has 2 aliphatic rings. The van der Waals surface area contributed by atoms with E-state index in [4.69, 9.17) is 9.47 Å². The first-order chi connectivity index (χ1) is 25.1. The fourth-order valence-electron chi connectivity index (χ4n) is 7.63. The molecule has 3 aromatic carbocycles. The molecule has 1 aromatic heterocycles. The fourth-order valence-corrected chi connectivity index (χ4v) is 7.63. The second-order valence-electron chi connectivity index (χ2n) is 14.1. The van der Waals surface area contributed by atoms with Crippen molar-refractivity contribution in [2.45, 2.75) is 51.5 Å². The molecule has 3 amide bonds. The van der Waals surface area contributed by atoms with Gasteiger partial charge in [0, 0.05) is 56.3 Å². The lowest BCUT2D eigenvalue weighted by Gasteiger charge is -2.42. The lowest BCUT2D eigenvalue weighted by atomic mass is 9.78. The Morgan fingerprint density at radius 2 is 1.60 bits per heavy atom. The number of ether oxygens (including phenoxy) is 2. The van der Waals surface area contributed by atoms with E-state index in [9.17, 15) is 19.5 Å². The number of rotatable bonds is 13. The summed E-state index contributed by atoms with van der Waals surface area (Å²) in [5.74, 6) is -0.269. The molecule has 4 unspecified atom stereocenters. The van der Waals surface area contributed by atoms with Gasteiger partial charge < -0.3 is 29.7 Å². The zero-order chi connectivity index (χ0) is 36.8. The normalized spacial score (nSPS) is 19.6. The summed E-state index contributed by atoms with van der Waals surface area (Å²) in [6, 6.07) is 24.2. The lowest BCUT2D eigenvalue weighted by Crippen LogP contribution is -2.58. The molecule has 4 aromatic rings. The van der Waals surface area contributed by atoms with Crippen molar-refractivity contribution >= 4 is 28.5 Å². The summed E-state index contributed by atoms with van der Waals surface area (Å²) in [5, 5.41) is 19.7. The summed E-state index contributed by atoms with van der Waals surface area (Å²) in [4.78, 5) is 49.1. The largest absolute Gasteiger partial charge is 0.493 e. The zero-order valence-corrected chi connectivity index (χ0v) is 30.3. The second-order valence-corrected chi connectivity index (χ2v) is 14.1. The molecule has 2 saturated heterocycles. The number of likely N-dealkylation sites (tertiary alicyclic amines) is 2. The number of carbonyl (C=O) groups is 3. The number of hydrogen-bond donors (Lipinski definition) is 3. The highest BCUT2D eigenvalue weighted by molar-refractivity contribution is 5.97. The Hall–Kier alpha value is -5.00. The van der Waals surface area contributed by atoms with Crippen LogP contribution in [-0.2, 0) is 11.2 Å². The van der Waals surface area contributed by atoms with Gasteiger partial charge in [0.15, 0.2) is 11.5 Å². The van der Waals surface area contributed by atoms with Gasteiger partial charge in [-0.2, -0.15) is 0 Å². The van der Waals surface area contributed by atoms with Crippen LogP contribution < -0.4 is 20.1 Å². The van der Waals surface area contributed by atoms with Crippen LogP contribution in [0.25, 0.3) is 10.8 Å². The third-order valence-electron chi connectivity index (χ3n) is 10.3. The number of amides is 3.